The summed E-state index contributed by atoms with van der Waals surface area (Å²) in [5.74, 6) is 0. The van der Waals surface area contributed by atoms with E-state index in [1.807, 2.05) is 12.1 Å². The van der Waals surface area contributed by atoms with Crippen molar-refractivity contribution in [1.29, 1.82) is 0 Å². The maximum absolute atomic E-state index is 9.45. The lowest BCUT2D eigenvalue weighted by molar-refractivity contribution is 0.126. The highest BCUT2D eigenvalue weighted by Gasteiger charge is 2.20. The van der Waals surface area contributed by atoms with Crippen molar-refractivity contribution in [2.24, 2.45) is 0 Å². The van der Waals surface area contributed by atoms with Gasteiger partial charge in [0, 0.05) is 6.04 Å². The first-order chi connectivity index (χ1) is 7.66. The molecule has 0 radical (unpaired) electrons. The van der Waals surface area contributed by atoms with Gasteiger partial charge in [0.05, 0.1) is 16.8 Å². The summed E-state index contributed by atoms with van der Waals surface area (Å²) in [6, 6.07) is 6.38. The first-order valence-corrected chi connectivity index (χ1v) is 6.24. The van der Waals surface area contributed by atoms with E-state index in [-0.39, 0.29) is 6.10 Å². The van der Waals surface area contributed by atoms with Gasteiger partial charge in [0.2, 0.25) is 0 Å². The van der Waals surface area contributed by atoms with Gasteiger partial charge in [-0.25, -0.2) is 0 Å². The van der Waals surface area contributed by atoms with Crippen LogP contribution in [0.3, 0.4) is 0 Å². The van der Waals surface area contributed by atoms with Gasteiger partial charge in [0.1, 0.15) is 0 Å². The smallest absolute Gasteiger partial charge is 0.0640 e. The van der Waals surface area contributed by atoms with Crippen molar-refractivity contribution in [3.05, 3.63) is 28.8 Å². The summed E-state index contributed by atoms with van der Waals surface area (Å²) in [5.41, 5.74) is 2.23. The second-order valence-corrected chi connectivity index (χ2v) is 4.99. The molecule has 2 nitrogen and oxygen atoms in total. The third kappa shape index (κ3) is 2.69. The predicted octanol–water partition coefficient (Wildman–Crippen LogP) is 3.36. The zero-order valence-electron chi connectivity index (χ0n) is 9.54. The fourth-order valence-electron chi connectivity index (χ4n) is 2.24. The Labute approximate surface area is 102 Å². The molecule has 0 atom stereocenters. The second-order valence-electron chi connectivity index (χ2n) is 4.58. The van der Waals surface area contributed by atoms with Crippen LogP contribution in [0.2, 0.25) is 5.02 Å². The van der Waals surface area contributed by atoms with E-state index in [2.05, 4.69) is 18.3 Å². The van der Waals surface area contributed by atoms with Crippen molar-refractivity contribution in [3.8, 4) is 0 Å². The van der Waals surface area contributed by atoms with Gasteiger partial charge in [-0.2, -0.15) is 0 Å². The van der Waals surface area contributed by atoms with Crippen LogP contribution in [-0.2, 0) is 0 Å². The van der Waals surface area contributed by atoms with E-state index >= 15 is 0 Å². The summed E-state index contributed by atoms with van der Waals surface area (Å²) in [5, 5.41) is 13.7. The van der Waals surface area contributed by atoms with Gasteiger partial charge in [0.15, 0.2) is 0 Å². The number of aryl methyl sites for hydroxylation is 1. The Hall–Kier alpha value is -0.730. The lowest BCUT2D eigenvalue weighted by atomic mass is 9.93. The van der Waals surface area contributed by atoms with E-state index in [4.69, 9.17) is 11.6 Å². The third-order valence-corrected chi connectivity index (χ3v) is 3.58. The van der Waals surface area contributed by atoms with Crippen LogP contribution in [0, 0.1) is 6.92 Å². The number of para-hydroxylation sites is 1. The van der Waals surface area contributed by atoms with Crippen LogP contribution in [0.5, 0.6) is 0 Å². The lowest BCUT2D eigenvalue weighted by Gasteiger charge is -2.28. The molecule has 1 saturated carbocycles. The average molecular weight is 240 g/mol. The normalized spacial score (nSPS) is 25.4. The molecule has 2 N–H and O–H groups in total. The van der Waals surface area contributed by atoms with Crippen LogP contribution < -0.4 is 5.32 Å². The van der Waals surface area contributed by atoms with Crippen LogP contribution in [0.25, 0.3) is 0 Å². The van der Waals surface area contributed by atoms with Gasteiger partial charge in [-0.1, -0.05) is 23.7 Å². The molecule has 88 valence electrons. The molecule has 0 heterocycles. The highest BCUT2D eigenvalue weighted by atomic mass is 35.5. The fourth-order valence-corrected chi connectivity index (χ4v) is 2.52. The molecule has 0 bridgehead atoms. The number of aliphatic hydroxyl groups is 1. The fraction of sp³-hybridized carbons (Fsp3) is 0.538. The number of halogens is 1. The van der Waals surface area contributed by atoms with Gasteiger partial charge >= 0.3 is 0 Å². The molecule has 1 aliphatic rings. The molecule has 0 amide bonds. The van der Waals surface area contributed by atoms with Crippen molar-refractivity contribution >= 4 is 17.3 Å². The Bertz CT molecular complexity index is 339. The van der Waals surface area contributed by atoms with E-state index in [0.29, 0.717) is 6.04 Å². The molecule has 1 aromatic rings. The summed E-state index contributed by atoms with van der Waals surface area (Å²) in [7, 11) is 0. The second kappa shape index (κ2) is 5.07. The highest BCUT2D eigenvalue weighted by molar-refractivity contribution is 6.33. The molecule has 0 saturated heterocycles. The monoisotopic (exact) mass is 239 g/mol. The zero-order valence-corrected chi connectivity index (χ0v) is 10.3. The van der Waals surface area contributed by atoms with Crippen LogP contribution in [0.4, 0.5) is 5.69 Å². The quantitative estimate of drug-likeness (QED) is 0.830. The maximum Gasteiger partial charge on any atom is 0.0640 e. The molecule has 0 aromatic heterocycles. The molecule has 1 fully saturated rings. The van der Waals surface area contributed by atoms with Crippen molar-refractivity contribution in [2.75, 3.05) is 5.32 Å². The van der Waals surface area contributed by atoms with Gasteiger partial charge < -0.3 is 10.4 Å². The van der Waals surface area contributed by atoms with Crippen LogP contribution in [0.15, 0.2) is 18.2 Å². The Kier molecular flexibility index (Phi) is 3.72. The Morgan fingerprint density at radius 1 is 1.25 bits per heavy atom. The first-order valence-electron chi connectivity index (χ1n) is 5.86. The Morgan fingerprint density at radius 3 is 2.56 bits per heavy atom. The summed E-state index contributed by atoms with van der Waals surface area (Å²) < 4.78 is 0. The molecular weight excluding hydrogens is 222 g/mol. The minimum absolute atomic E-state index is 0.106. The standard InChI is InChI=1S/C13H18ClNO/c1-9-3-2-4-12(14)13(9)15-10-5-7-11(16)8-6-10/h2-4,10-11,15-16H,5-8H2,1H3. The molecular formula is C13H18ClNO. The largest absolute Gasteiger partial charge is 0.393 e. The lowest BCUT2D eigenvalue weighted by Crippen LogP contribution is -2.28. The van der Waals surface area contributed by atoms with E-state index in [1.54, 1.807) is 0 Å². The first kappa shape index (κ1) is 11.7. The number of aliphatic hydroxyl groups excluding tert-OH is 1. The third-order valence-electron chi connectivity index (χ3n) is 3.27. The molecule has 0 spiro atoms. The summed E-state index contributed by atoms with van der Waals surface area (Å²) in [6.45, 7) is 2.06. The van der Waals surface area contributed by atoms with Gasteiger partial charge in [0.25, 0.3) is 0 Å². The average Bonchev–Trinajstić information content (AvgIpc) is 2.26. The molecule has 1 aliphatic carbocycles. The van der Waals surface area contributed by atoms with Gasteiger partial charge in [-0.15, -0.1) is 0 Å². The van der Waals surface area contributed by atoms with E-state index in [1.165, 1.54) is 5.56 Å². The minimum atomic E-state index is -0.106. The number of hydrogen-bond donors (Lipinski definition) is 2. The van der Waals surface area contributed by atoms with E-state index in [0.717, 1.165) is 36.4 Å². The van der Waals surface area contributed by atoms with Crippen molar-refractivity contribution in [3.63, 3.8) is 0 Å². The predicted molar refractivity (Wildman–Crippen MR) is 68.1 cm³/mol. The van der Waals surface area contributed by atoms with Crippen LogP contribution in [-0.4, -0.2) is 17.3 Å². The number of anilines is 1. The Morgan fingerprint density at radius 2 is 1.94 bits per heavy atom. The van der Waals surface area contributed by atoms with Crippen LogP contribution >= 0.6 is 11.6 Å². The van der Waals surface area contributed by atoms with E-state index in [9.17, 15) is 5.11 Å². The van der Waals surface area contributed by atoms with Crippen molar-refractivity contribution in [2.45, 2.75) is 44.8 Å². The van der Waals surface area contributed by atoms with Crippen LogP contribution in [0.1, 0.15) is 31.2 Å². The molecule has 3 heteroatoms. The summed E-state index contributed by atoms with van der Waals surface area (Å²) in [4.78, 5) is 0. The SMILES string of the molecule is Cc1cccc(Cl)c1NC1CCC(O)CC1. The van der Waals surface area contributed by atoms with Crippen molar-refractivity contribution < 1.29 is 5.11 Å². The number of hydrogen-bond acceptors (Lipinski definition) is 2. The highest BCUT2D eigenvalue weighted by Crippen LogP contribution is 2.29. The Balaban J connectivity index is 2.04. The van der Waals surface area contributed by atoms with Crippen molar-refractivity contribution in [1.82, 2.24) is 0 Å². The van der Waals surface area contributed by atoms with Gasteiger partial charge in [-0.3, -0.25) is 0 Å². The number of rotatable bonds is 2. The molecule has 16 heavy (non-hydrogen) atoms. The number of benzene rings is 1. The molecule has 2 rings (SSSR count). The minimum Gasteiger partial charge on any atom is -0.393 e. The van der Waals surface area contributed by atoms with Gasteiger partial charge in [-0.05, 0) is 44.2 Å². The number of nitrogens with one attached hydrogen (secondary N) is 1. The summed E-state index contributed by atoms with van der Waals surface area (Å²) in [6.07, 6.45) is 3.71. The summed E-state index contributed by atoms with van der Waals surface area (Å²) >= 11 is 6.17. The molecule has 0 aliphatic heterocycles. The maximum atomic E-state index is 9.45. The molecule has 1 aromatic carbocycles. The zero-order chi connectivity index (χ0) is 11.5. The van der Waals surface area contributed by atoms with E-state index < -0.39 is 0 Å². The molecule has 0 unspecified atom stereocenters. The topological polar surface area (TPSA) is 32.3 Å².